The molecule has 0 fully saturated rings. The summed E-state index contributed by atoms with van der Waals surface area (Å²) < 4.78 is 0. The molecule has 0 aliphatic rings. The van der Waals surface area contributed by atoms with Gasteiger partial charge in [-0.15, -0.1) is 0 Å². The monoisotopic (exact) mass is 163 g/mol. The van der Waals surface area contributed by atoms with Gasteiger partial charge in [-0.3, -0.25) is 0 Å². The number of rotatable bonds is 2. The molecule has 2 heteroatoms. The smallest absolute Gasteiger partial charge is 0.138 e. The molecule has 1 rings (SSSR count). The standard InChI is InChI=1S/C9H9NS/c1-2-8-5-3-4-6-9(8)11-7-10/h3-6H,2H2,1H3. The normalized spacial score (nSPS) is 9.09. The summed E-state index contributed by atoms with van der Waals surface area (Å²) in [5.74, 6) is 0. The third-order valence-electron chi connectivity index (χ3n) is 1.51. The van der Waals surface area contributed by atoms with Gasteiger partial charge < -0.3 is 0 Å². The lowest BCUT2D eigenvalue weighted by molar-refractivity contribution is 1.08. The van der Waals surface area contributed by atoms with Gasteiger partial charge in [0.15, 0.2) is 0 Å². The van der Waals surface area contributed by atoms with Crippen molar-refractivity contribution in [2.45, 2.75) is 18.2 Å². The minimum Gasteiger partial charge on any atom is -0.185 e. The van der Waals surface area contributed by atoms with Crippen LogP contribution in [0.1, 0.15) is 12.5 Å². The highest BCUT2D eigenvalue weighted by Crippen LogP contribution is 2.21. The van der Waals surface area contributed by atoms with Crippen molar-refractivity contribution in [3.05, 3.63) is 29.8 Å². The van der Waals surface area contributed by atoms with Crippen LogP contribution in [0.15, 0.2) is 29.2 Å². The fourth-order valence-corrected chi connectivity index (χ4v) is 1.53. The Kier molecular flexibility index (Phi) is 3.00. The predicted molar refractivity (Wildman–Crippen MR) is 47.3 cm³/mol. The molecule has 0 heterocycles. The molecule has 0 spiro atoms. The van der Waals surface area contributed by atoms with Gasteiger partial charge in [0.2, 0.25) is 0 Å². The summed E-state index contributed by atoms with van der Waals surface area (Å²) in [7, 11) is 0. The van der Waals surface area contributed by atoms with Gasteiger partial charge in [0.1, 0.15) is 5.40 Å². The van der Waals surface area contributed by atoms with Gasteiger partial charge in [0, 0.05) is 4.90 Å². The predicted octanol–water partition coefficient (Wildman–Crippen LogP) is 2.82. The van der Waals surface area contributed by atoms with Gasteiger partial charge in [0.25, 0.3) is 0 Å². The largest absolute Gasteiger partial charge is 0.185 e. The molecule has 0 aliphatic carbocycles. The van der Waals surface area contributed by atoms with E-state index in [1.54, 1.807) is 0 Å². The van der Waals surface area contributed by atoms with E-state index in [1.165, 1.54) is 17.3 Å². The lowest BCUT2D eigenvalue weighted by Crippen LogP contribution is -1.81. The molecule has 0 unspecified atom stereocenters. The molecule has 0 N–H and O–H groups in total. The fourth-order valence-electron chi connectivity index (χ4n) is 0.945. The van der Waals surface area contributed by atoms with Gasteiger partial charge in [0.05, 0.1) is 0 Å². The second-order valence-corrected chi connectivity index (χ2v) is 2.98. The van der Waals surface area contributed by atoms with E-state index in [1.807, 2.05) is 18.2 Å². The van der Waals surface area contributed by atoms with Gasteiger partial charge in [-0.1, -0.05) is 25.1 Å². The molecule has 0 saturated heterocycles. The maximum absolute atomic E-state index is 8.45. The Morgan fingerprint density at radius 1 is 1.45 bits per heavy atom. The Hall–Kier alpha value is -0.940. The van der Waals surface area contributed by atoms with Crippen LogP contribution < -0.4 is 0 Å². The molecule has 1 aromatic rings. The number of thioether (sulfide) groups is 1. The van der Waals surface area contributed by atoms with Crippen LogP contribution in [0.2, 0.25) is 0 Å². The second kappa shape index (κ2) is 4.05. The summed E-state index contributed by atoms with van der Waals surface area (Å²) in [6.07, 6.45) is 0.991. The quantitative estimate of drug-likeness (QED) is 0.494. The zero-order valence-electron chi connectivity index (χ0n) is 6.37. The SMILES string of the molecule is CCc1ccccc1SC#N. The first-order valence-corrected chi connectivity index (χ1v) is 4.34. The first kappa shape index (κ1) is 8.16. The number of benzene rings is 1. The van der Waals surface area contributed by atoms with Crippen LogP contribution >= 0.6 is 11.8 Å². The summed E-state index contributed by atoms with van der Waals surface area (Å²) in [4.78, 5) is 1.08. The van der Waals surface area contributed by atoms with Crippen LogP contribution in [0, 0.1) is 10.7 Å². The Bertz CT molecular complexity index is 275. The van der Waals surface area contributed by atoms with Crippen LogP contribution in [-0.4, -0.2) is 0 Å². The van der Waals surface area contributed by atoms with Crippen LogP contribution in [-0.2, 0) is 6.42 Å². The van der Waals surface area contributed by atoms with Crippen molar-refractivity contribution in [1.82, 2.24) is 0 Å². The Morgan fingerprint density at radius 2 is 2.18 bits per heavy atom. The van der Waals surface area contributed by atoms with E-state index in [9.17, 15) is 0 Å². The lowest BCUT2D eigenvalue weighted by Gasteiger charge is -2.00. The van der Waals surface area contributed by atoms with Crippen molar-refractivity contribution in [1.29, 1.82) is 5.26 Å². The van der Waals surface area contributed by atoms with E-state index in [0.717, 1.165) is 11.3 Å². The maximum atomic E-state index is 8.45. The van der Waals surface area contributed by atoms with E-state index >= 15 is 0 Å². The van der Waals surface area contributed by atoms with E-state index < -0.39 is 0 Å². The van der Waals surface area contributed by atoms with Crippen LogP contribution in [0.5, 0.6) is 0 Å². The van der Waals surface area contributed by atoms with Gasteiger partial charge in [-0.2, -0.15) is 5.26 Å². The molecule has 0 saturated carbocycles. The first-order chi connectivity index (χ1) is 5.38. The summed E-state index contributed by atoms with van der Waals surface area (Å²) in [5, 5.41) is 10.5. The van der Waals surface area contributed by atoms with Crippen molar-refractivity contribution in [3.63, 3.8) is 0 Å². The third-order valence-corrected chi connectivity index (χ3v) is 2.22. The molecular formula is C9H9NS. The van der Waals surface area contributed by atoms with Gasteiger partial charge in [-0.25, -0.2) is 0 Å². The summed E-state index contributed by atoms with van der Waals surface area (Å²) in [6.45, 7) is 2.09. The topological polar surface area (TPSA) is 23.8 Å². The highest BCUT2D eigenvalue weighted by atomic mass is 32.2. The summed E-state index contributed by atoms with van der Waals surface area (Å²) in [6, 6.07) is 7.99. The molecule has 0 aliphatic heterocycles. The van der Waals surface area contributed by atoms with Crippen molar-refractivity contribution < 1.29 is 0 Å². The zero-order valence-corrected chi connectivity index (χ0v) is 7.19. The number of nitrogens with zero attached hydrogens (tertiary/aromatic N) is 1. The van der Waals surface area contributed by atoms with E-state index in [2.05, 4.69) is 18.4 Å². The summed E-state index contributed by atoms with van der Waals surface area (Å²) in [5.41, 5.74) is 1.25. The lowest BCUT2D eigenvalue weighted by atomic mass is 10.2. The average Bonchev–Trinajstić information content (AvgIpc) is 2.06. The average molecular weight is 163 g/mol. The number of aryl methyl sites for hydroxylation is 1. The molecule has 11 heavy (non-hydrogen) atoms. The van der Waals surface area contributed by atoms with Crippen LogP contribution in [0.4, 0.5) is 0 Å². The molecule has 0 amide bonds. The molecule has 0 radical (unpaired) electrons. The second-order valence-electron chi connectivity index (χ2n) is 2.15. The third kappa shape index (κ3) is 1.99. The molecular weight excluding hydrogens is 154 g/mol. The van der Waals surface area contributed by atoms with E-state index in [0.29, 0.717) is 0 Å². The molecule has 0 aromatic heterocycles. The van der Waals surface area contributed by atoms with E-state index in [4.69, 9.17) is 5.26 Å². The summed E-state index contributed by atoms with van der Waals surface area (Å²) >= 11 is 1.23. The van der Waals surface area contributed by atoms with Crippen LogP contribution in [0.25, 0.3) is 0 Å². The highest BCUT2D eigenvalue weighted by molar-refractivity contribution is 8.03. The molecule has 56 valence electrons. The zero-order chi connectivity index (χ0) is 8.10. The van der Waals surface area contributed by atoms with Crippen molar-refractivity contribution in [2.75, 3.05) is 0 Å². The molecule has 1 aromatic carbocycles. The number of hydrogen-bond acceptors (Lipinski definition) is 2. The van der Waals surface area contributed by atoms with Gasteiger partial charge >= 0.3 is 0 Å². The number of nitriles is 1. The van der Waals surface area contributed by atoms with Crippen molar-refractivity contribution >= 4 is 11.8 Å². The Labute approximate surface area is 71.0 Å². The van der Waals surface area contributed by atoms with Crippen LogP contribution in [0.3, 0.4) is 0 Å². The van der Waals surface area contributed by atoms with Crippen molar-refractivity contribution in [2.24, 2.45) is 0 Å². The minimum atomic E-state index is 0.991. The van der Waals surface area contributed by atoms with Gasteiger partial charge in [-0.05, 0) is 29.8 Å². The Morgan fingerprint density at radius 3 is 2.82 bits per heavy atom. The van der Waals surface area contributed by atoms with E-state index in [-0.39, 0.29) is 0 Å². The molecule has 1 nitrogen and oxygen atoms in total. The first-order valence-electron chi connectivity index (χ1n) is 3.52. The minimum absolute atomic E-state index is 0.991. The number of thiocyanates is 1. The molecule has 0 atom stereocenters. The van der Waals surface area contributed by atoms with Crippen molar-refractivity contribution in [3.8, 4) is 5.40 Å². The number of hydrogen-bond donors (Lipinski definition) is 0. The molecule has 0 bridgehead atoms. The highest BCUT2D eigenvalue weighted by Gasteiger charge is 1.97. The fraction of sp³-hybridized carbons (Fsp3) is 0.222. The Balaban J connectivity index is 2.94. The maximum Gasteiger partial charge on any atom is 0.138 e.